The van der Waals surface area contributed by atoms with Gasteiger partial charge in [0.15, 0.2) is 5.75 Å². The molecule has 0 heterocycles. The zero-order chi connectivity index (χ0) is 14.4. The molecule has 6 heteroatoms. The van der Waals surface area contributed by atoms with Gasteiger partial charge in [0.05, 0.1) is 11.0 Å². The number of carboxylic acids is 1. The van der Waals surface area contributed by atoms with Gasteiger partial charge in [0.2, 0.25) is 0 Å². The fourth-order valence-electron chi connectivity index (χ4n) is 1.35. The molecule has 0 aliphatic rings. The van der Waals surface area contributed by atoms with Gasteiger partial charge in [0, 0.05) is 12.1 Å². The summed E-state index contributed by atoms with van der Waals surface area (Å²) in [5, 5.41) is 19.4. The number of nitro groups is 1. The lowest BCUT2D eigenvalue weighted by Crippen LogP contribution is -2.11. The van der Waals surface area contributed by atoms with E-state index in [1.165, 1.54) is 24.3 Å². The first kappa shape index (κ1) is 14.7. The van der Waals surface area contributed by atoms with Crippen LogP contribution in [0.5, 0.6) is 5.75 Å². The first-order valence-electron chi connectivity index (χ1n) is 5.80. The van der Waals surface area contributed by atoms with E-state index in [1.54, 1.807) is 0 Å². The first-order chi connectivity index (χ1) is 8.93. The van der Waals surface area contributed by atoms with Crippen molar-refractivity contribution in [3.8, 4) is 5.75 Å². The molecule has 0 aliphatic heterocycles. The van der Waals surface area contributed by atoms with Crippen LogP contribution in [0.2, 0.25) is 0 Å². The van der Waals surface area contributed by atoms with Crippen LogP contribution in [0.3, 0.4) is 0 Å². The van der Waals surface area contributed by atoms with E-state index in [-0.39, 0.29) is 17.5 Å². The van der Waals surface area contributed by atoms with E-state index >= 15 is 0 Å². The van der Waals surface area contributed by atoms with Crippen LogP contribution >= 0.6 is 0 Å². The molecule has 102 valence electrons. The SMILES string of the molecule is CCC(C)Oc1cc(C=CC(=O)O)ccc1[N+](=O)[O-]. The normalized spacial score (nSPS) is 12.3. The molecule has 1 aromatic rings. The van der Waals surface area contributed by atoms with Gasteiger partial charge in [-0.05, 0) is 37.1 Å². The number of nitro benzene ring substituents is 1. The van der Waals surface area contributed by atoms with Crippen molar-refractivity contribution in [3.05, 3.63) is 40.0 Å². The quantitative estimate of drug-likeness (QED) is 0.485. The predicted octanol–water partition coefficient (Wildman–Crippen LogP) is 2.87. The number of carboxylic acid groups (broad SMARTS) is 1. The van der Waals surface area contributed by atoms with Crippen LogP contribution in [0, 0.1) is 10.1 Å². The number of hydrogen-bond donors (Lipinski definition) is 1. The van der Waals surface area contributed by atoms with Crippen molar-refractivity contribution in [2.45, 2.75) is 26.4 Å². The Kier molecular flexibility index (Phi) is 5.05. The highest BCUT2D eigenvalue weighted by atomic mass is 16.6. The number of rotatable bonds is 6. The average molecular weight is 265 g/mol. The Morgan fingerprint density at radius 2 is 2.26 bits per heavy atom. The minimum Gasteiger partial charge on any atom is -0.484 e. The summed E-state index contributed by atoms with van der Waals surface area (Å²) in [5.41, 5.74) is 0.402. The molecule has 0 fully saturated rings. The molecule has 0 saturated heterocycles. The molecule has 0 aliphatic carbocycles. The highest BCUT2D eigenvalue weighted by molar-refractivity contribution is 5.85. The summed E-state index contributed by atoms with van der Waals surface area (Å²) in [4.78, 5) is 20.8. The van der Waals surface area contributed by atoms with Crippen molar-refractivity contribution < 1.29 is 19.6 Å². The fourth-order valence-corrected chi connectivity index (χ4v) is 1.35. The molecule has 0 amide bonds. The van der Waals surface area contributed by atoms with Crippen molar-refractivity contribution in [2.75, 3.05) is 0 Å². The minimum atomic E-state index is -1.08. The van der Waals surface area contributed by atoms with Gasteiger partial charge in [-0.15, -0.1) is 0 Å². The minimum absolute atomic E-state index is 0.132. The molecule has 19 heavy (non-hydrogen) atoms. The Morgan fingerprint density at radius 1 is 1.58 bits per heavy atom. The molecule has 0 bridgehead atoms. The average Bonchev–Trinajstić information content (AvgIpc) is 2.36. The van der Waals surface area contributed by atoms with Crippen LogP contribution in [0.25, 0.3) is 6.08 Å². The van der Waals surface area contributed by atoms with Crippen molar-refractivity contribution in [3.63, 3.8) is 0 Å². The standard InChI is InChI=1S/C13H15NO5/c1-3-9(2)19-12-8-10(5-7-13(15)16)4-6-11(12)14(17)18/h4-9H,3H2,1-2H3,(H,15,16). The molecule has 1 unspecified atom stereocenters. The highest BCUT2D eigenvalue weighted by Crippen LogP contribution is 2.29. The lowest BCUT2D eigenvalue weighted by Gasteiger charge is -2.12. The van der Waals surface area contributed by atoms with Crippen LogP contribution in [0.1, 0.15) is 25.8 Å². The van der Waals surface area contributed by atoms with Crippen molar-refractivity contribution in [1.82, 2.24) is 0 Å². The molecule has 0 saturated carbocycles. The Bertz CT molecular complexity index is 510. The van der Waals surface area contributed by atoms with Crippen LogP contribution < -0.4 is 4.74 Å². The molecule has 0 radical (unpaired) electrons. The van der Waals surface area contributed by atoms with Gasteiger partial charge in [-0.3, -0.25) is 10.1 Å². The number of hydrogen-bond acceptors (Lipinski definition) is 4. The second-order valence-corrected chi connectivity index (χ2v) is 3.99. The predicted molar refractivity (Wildman–Crippen MR) is 70.1 cm³/mol. The fraction of sp³-hybridized carbons (Fsp3) is 0.308. The van der Waals surface area contributed by atoms with Gasteiger partial charge in [0.1, 0.15) is 0 Å². The Morgan fingerprint density at radius 3 is 2.79 bits per heavy atom. The number of carbonyl (C=O) groups is 1. The Balaban J connectivity index is 3.10. The summed E-state index contributed by atoms with van der Waals surface area (Å²) in [6.45, 7) is 3.72. The molecular weight excluding hydrogens is 250 g/mol. The third kappa shape index (κ3) is 4.42. The number of aliphatic carboxylic acids is 1. The second-order valence-electron chi connectivity index (χ2n) is 3.99. The van der Waals surface area contributed by atoms with E-state index in [1.807, 2.05) is 13.8 Å². The molecule has 1 rings (SSSR count). The van der Waals surface area contributed by atoms with E-state index in [4.69, 9.17) is 9.84 Å². The number of nitrogens with zero attached hydrogens (tertiary/aromatic N) is 1. The van der Waals surface area contributed by atoms with Crippen LogP contribution in [0.4, 0.5) is 5.69 Å². The first-order valence-corrected chi connectivity index (χ1v) is 5.80. The van der Waals surface area contributed by atoms with E-state index in [9.17, 15) is 14.9 Å². The zero-order valence-electron chi connectivity index (χ0n) is 10.7. The van der Waals surface area contributed by atoms with Gasteiger partial charge in [0.25, 0.3) is 0 Å². The summed E-state index contributed by atoms with van der Waals surface area (Å²) in [6.07, 6.45) is 2.88. The molecule has 0 aromatic heterocycles. The molecule has 1 atom stereocenters. The summed E-state index contributed by atoms with van der Waals surface area (Å²) >= 11 is 0. The smallest absolute Gasteiger partial charge is 0.328 e. The zero-order valence-corrected chi connectivity index (χ0v) is 10.7. The van der Waals surface area contributed by atoms with Gasteiger partial charge >= 0.3 is 11.7 Å². The summed E-state index contributed by atoms with van der Waals surface area (Å²) in [7, 11) is 0. The van der Waals surface area contributed by atoms with E-state index in [0.717, 1.165) is 6.08 Å². The maximum atomic E-state index is 10.9. The van der Waals surface area contributed by atoms with E-state index in [2.05, 4.69) is 0 Å². The van der Waals surface area contributed by atoms with Crippen molar-refractivity contribution in [2.24, 2.45) is 0 Å². The van der Waals surface area contributed by atoms with E-state index < -0.39 is 10.9 Å². The third-order valence-corrected chi connectivity index (χ3v) is 2.50. The van der Waals surface area contributed by atoms with Gasteiger partial charge < -0.3 is 9.84 Å². The van der Waals surface area contributed by atoms with Gasteiger partial charge in [-0.25, -0.2) is 4.79 Å². The highest BCUT2D eigenvalue weighted by Gasteiger charge is 2.16. The van der Waals surface area contributed by atoms with Gasteiger partial charge in [-0.2, -0.15) is 0 Å². The lowest BCUT2D eigenvalue weighted by atomic mass is 10.1. The van der Waals surface area contributed by atoms with Crippen LogP contribution in [-0.4, -0.2) is 22.1 Å². The summed E-state index contributed by atoms with van der Waals surface area (Å²) in [6, 6.07) is 4.24. The monoisotopic (exact) mass is 265 g/mol. The molecule has 1 aromatic carbocycles. The topological polar surface area (TPSA) is 89.7 Å². The van der Waals surface area contributed by atoms with Crippen LogP contribution in [-0.2, 0) is 4.79 Å². The number of benzene rings is 1. The van der Waals surface area contributed by atoms with Gasteiger partial charge in [-0.1, -0.05) is 6.92 Å². The molecule has 6 nitrogen and oxygen atoms in total. The van der Waals surface area contributed by atoms with Crippen molar-refractivity contribution in [1.29, 1.82) is 0 Å². The number of ether oxygens (including phenoxy) is 1. The largest absolute Gasteiger partial charge is 0.484 e. The Labute approximate surface area is 110 Å². The second kappa shape index (κ2) is 6.53. The molecule has 0 spiro atoms. The van der Waals surface area contributed by atoms with Crippen molar-refractivity contribution >= 4 is 17.7 Å². The van der Waals surface area contributed by atoms with E-state index in [0.29, 0.717) is 12.0 Å². The third-order valence-electron chi connectivity index (χ3n) is 2.50. The maximum Gasteiger partial charge on any atom is 0.328 e. The molecule has 1 N–H and O–H groups in total. The lowest BCUT2D eigenvalue weighted by molar-refractivity contribution is -0.386. The molecular formula is C13H15NO5. The summed E-state index contributed by atoms with van der Waals surface area (Å²) < 4.78 is 5.48. The summed E-state index contributed by atoms with van der Waals surface area (Å²) in [5.74, 6) is -0.936. The Hall–Kier alpha value is -2.37. The maximum absolute atomic E-state index is 10.9. The van der Waals surface area contributed by atoms with Crippen LogP contribution in [0.15, 0.2) is 24.3 Å².